The fourth-order valence-electron chi connectivity index (χ4n) is 3.69. The van der Waals surface area contributed by atoms with Gasteiger partial charge in [-0.1, -0.05) is 19.8 Å². The Bertz CT molecular complexity index is 272. The minimum Gasteiger partial charge on any atom is -0.353 e. The third-order valence-electron chi connectivity index (χ3n) is 5.07. The fraction of sp³-hybridized carbons (Fsp3) is 0.933. The van der Waals surface area contributed by atoms with Gasteiger partial charge in [0, 0.05) is 12.0 Å². The van der Waals surface area contributed by atoms with E-state index in [2.05, 4.69) is 12.2 Å². The van der Waals surface area contributed by atoms with E-state index in [0.717, 1.165) is 18.8 Å². The molecule has 2 unspecified atom stereocenters. The lowest BCUT2D eigenvalue weighted by molar-refractivity contribution is -0.127. The molecule has 0 saturated heterocycles. The van der Waals surface area contributed by atoms with Gasteiger partial charge in [0.2, 0.25) is 5.91 Å². The summed E-state index contributed by atoms with van der Waals surface area (Å²) >= 11 is 0. The molecule has 18 heavy (non-hydrogen) atoms. The van der Waals surface area contributed by atoms with E-state index in [4.69, 9.17) is 5.73 Å². The first-order valence-corrected chi connectivity index (χ1v) is 7.75. The average Bonchev–Trinajstić information content (AvgIpc) is 2.88. The van der Waals surface area contributed by atoms with Gasteiger partial charge in [-0.05, 0) is 56.9 Å². The quantitative estimate of drug-likeness (QED) is 0.807. The molecule has 0 aromatic heterocycles. The second-order valence-electron chi connectivity index (χ2n) is 6.17. The first-order chi connectivity index (χ1) is 8.74. The van der Waals surface area contributed by atoms with Crippen LogP contribution in [0.4, 0.5) is 0 Å². The van der Waals surface area contributed by atoms with Crippen LogP contribution in [0.25, 0.3) is 0 Å². The lowest BCUT2D eigenvalue weighted by Crippen LogP contribution is -2.42. The molecule has 0 bridgehead atoms. The Balaban J connectivity index is 1.77. The van der Waals surface area contributed by atoms with Crippen LogP contribution in [-0.2, 0) is 4.79 Å². The molecule has 0 heterocycles. The molecular formula is C15H28N2O. The molecule has 0 radical (unpaired) electrons. The number of amides is 1. The van der Waals surface area contributed by atoms with Gasteiger partial charge in [0.05, 0.1) is 0 Å². The number of nitrogens with two attached hydrogens (primary N) is 1. The van der Waals surface area contributed by atoms with Gasteiger partial charge < -0.3 is 11.1 Å². The van der Waals surface area contributed by atoms with Gasteiger partial charge in [-0.2, -0.15) is 0 Å². The number of nitrogens with one attached hydrogen (secondary N) is 1. The molecule has 2 rings (SSSR count). The van der Waals surface area contributed by atoms with Gasteiger partial charge in [-0.3, -0.25) is 4.79 Å². The van der Waals surface area contributed by atoms with Gasteiger partial charge in [0.15, 0.2) is 0 Å². The molecule has 2 saturated carbocycles. The van der Waals surface area contributed by atoms with E-state index in [0.29, 0.717) is 18.5 Å². The standard InChI is InChI=1S/C15H28N2O/c1-2-11-6-8-13(9-7-11)17-15(18)14-5-3-4-12(14)10-16/h11-14H,2-10,16H2,1H3,(H,17,18). The van der Waals surface area contributed by atoms with Gasteiger partial charge in [-0.15, -0.1) is 0 Å². The van der Waals surface area contributed by atoms with E-state index < -0.39 is 0 Å². The SMILES string of the molecule is CCC1CCC(NC(=O)C2CCCC2CN)CC1. The Morgan fingerprint density at radius 1 is 1.17 bits per heavy atom. The van der Waals surface area contributed by atoms with Crippen LogP contribution in [0, 0.1) is 17.8 Å². The van der Waals surface area contributed by atoms with Crippen molar-refractivity contribution >= 4 is 5.91 Å². The van der Waals surface area contributed by atoms with Gasteiger partial charge in [0.1, 0.15) is 0 Å². The molecule has 0 spiro atoms. The summed E-state index contributed by atoms with van der Waals surface area (Å²) in [5, 5.41) is 3.28. The van der Waals surface area contributed by atoms with Gasteiger partial charge in [0.25, 0.3) is 0 Å². The summed E-state index contributed by atoms with van der Waals surface area (Å²) in [6.07, 6.45) is 9.55. The second-order valence-corrected chi connectivity index (χ2v) is 6.17. The molecule has 3 nitrogen and oxygen atoms in total. The van der Waals surface area contributed by atoms with Crippen molar-refractivity contribution in [1.82, 2.24) is 5.32 Å². The molecule has 3 heteroatoms. The van der Waals surface area contributed by atoms with Crippen molar-refractivity contribution in [3.63, 3.8) is 0 Å². The van der Waals surface area contributed by atoms with Crippen LogP contribution < -0.4 is 11.1 Å². The zero-order valence-electron chi connectivity index (χ0n) is 11.7. The van der Waals surface area contributed by atoms with E-state index >= 15 is 0 Å². The predicted octanol–water partition coefficient (Wildman–Crippen LogP) is 2.45. The van der Waals surface area contributed by atoms with Crippen molar-refractivity contribution in [3.05, 3.63) is 0 Å². The maximum atomic E-state index is 12.3. The van der Waals surface area contributed by atoms with E-state index in [9.17, 15) is 4.79 Å². The lowest BCUT2D eigenvalue weighted by atomic mass is 9.84. The van der Waals surface area contributed by atoms with Crippen LogP contribution in [-0.4, -0.2) is 18.5 Å². The Hall–Kier alpha value is -0.570. The molecule has 2 atom stereocenters. The van der Waals surface area contributed by atoms with E-state index in [1.54, 1.807) is 0 Å². The Labute approximate surface area is 111 Å². The number of carbonyl (C=O) groups excluding carboxylic acids is 1. The largest absolute Gasteiger partial charge is 0.353 e. The first-order valence-electron chi connectivity index (χ1n) is 7.75. The molecule has 2 aliphatic rings. The minimum atomic E-state index is 0.193. The zero-order valence-corrected chi connectivity index (χ0v) is 11.7. The number of carbonyl (C=O) groups is 1. The minimum absolute atomic E-state index is 0.193. The highest BCUT2D eigenvalue weighted by atomic mass is 16.2. The van der Waals surface area contributed by atoms with Crippen LogP contribution >= 0.6 is 0 Å². The van der Waals surface area contributed by atoms with Crippen molar-refractivity contribution < 1.29 is 4.79 Å². The monoisotopic (exact) mass is 252 g/mol. The topological polar surface area (TPSA) is 55.1 Å². The van der Waals surface area contributed by atoms with Gasteiger partial charge >= 0.3 is 0 Å². The number of hydrogen-bond donors (Lipinski definition) is 2. The summed E-state index contributed by atoms with van der Waals surface area (Å²) in [4.78, 5) is 12.3. The molecule has 1 amide bonds. The third kappa shape index (κ3) is 3.25. The van der Waals surface area contributed by atoms with E-state index in [-0.39, 0.29) is 11.8 Å². The summed E-state index contributed by atoms with van der Waals surface area (Å²) in [5.41, 5.74) is 5.75. The van der Waals surface area contributed by atoms with Crippen molar-refractivity contribution in [2.24, 2.45) is 23.5 Å². The Morgan fingerprint density at radius 2 is 1.89 bits per heavy atom. The maximum absolute atomic E-state index is 12.3. The van der Waals surface area contributed by atoms with Crippen LogP contribution in [0.2, 0.25) is 0 Å². The van der Waals surface area contributed by atoms with Crippen molar-refractivity contribution in [2.45, 2.75) is 64.3 Å². The molecule has 0 aliphatic heterocycles. The van der Waals surface area contributed by atoms with Gasteiger partial charge in [-0.25, -0.2) is 0 Å². The highest BCUT2D eigenvalue weighted by Gasteiger charge is 2.33. The molecule has 3 N–H and O–H groups in total. The molecule has 2 fully saturated rings. The zero-order chi connectivity index (χ0) is 13.0. The lowest BCUT2D eigenvalue weighted by Gasteiger charge is -2.30. The Morgan fingerprint density at radius 3 is 2.50 bits per heavy atom. The highest BCUT2D eigenvalue weighted by molar-refractivity contribution is 5.79. The van der Waals surface area contributed by atoms with Crippen LogP contribution in [0.15, 0.2) is 0 Å². The number of rotatable bonds is 4. The first kappa shape index (κ1) is 13.9. The van der Waals surface area contributed by atoms with Crippen LogP contribution in [0.3, 0.4) is 0 Å². The molecule has 2 aliphatic carbocycles. The van der Waals surface area contributed by atoms with Crippen molar-refractivity contribution in [3.8, 4) is 0 Å². The van der Waals surface area contributed by atoms with Crippen LogP contribution in [0.5, 0.6) is 0 Å². The summed E-state index contributed by atoms with van der Waals surface area (Å²) in [7, 11) is 0. The van der Waals surface area contributed by atoms with Crippen LogP contribution in [0.1, 0.15) is 58.3 Å². The van der Waals surface area contributed by atoms with E-state index in [1.165, 1.54) is 38.5 Å². The molecule has 0 aromatic rings. The molecular weight excluding hydrogens is 224 g/mol. The second kappa shape index (κ2) is 6.55. The summed E-state index contributed by atoms with van der Waals surface area (Å²) in [5.74, 6) is 1.79. The van der Waals surface area contributed by atoms with E-state index in [1.807, 2.05) is 0 Å². The van der Waals surface area contributed by atoms with Crippen molar-refractivity contribution in [2.75, 3.05) is 6.54 Å². The Kier molecular flexibility index (Phi) is 5.04. The summed E-state index contributed by atoms with van der Waals surface area (Å²) in [6, 6.07) is 0.430. The highest BCUT2D eigenvalue weighted by Crippen LogP contribution is 2.32. The summed E-state index contributed by atoms with van der Waals surface area (Å²) < 4.78 is 0. The normalized spacial score (nSPS) is 36.6. The predicted molar refractivity (Wildman–Crippen MR) is 74.1 cm³/mol. The summed E-state index contributed by atoms with van der Waals surface area (Å²) in [6.45, 7) is 2.94. The average molecular weight is 252 g/mol. The smallest absolute Gasteiger partial charge is 0.223 e. The third-order valence-corrected chi connectivity index (χ3v) is 5.07. The number of hydrogen-bond acceptors (Lipinski definition) is 2. The van der Waals surface area contributed by atoms with Crippen molar-refractivity contribution in [1.29, 1.82) is 0 Å². The maximum Gasteiger partial charge on any atom is 0.223 e. The molecule has 104 valence electrons. The molecule has 0 aromatic carbocycles. The fourth-order valence-corrected chi connectivity index (χ4v) is 3.69.